The number of nitrogens with one attached hydrogen (secondary N) is 1. The molecule has 26 heavy (non-hydrogen) atoms. The van der Waals surface area contributed by atoms with Crippen LogP contribution in [0.1, 0.15) is 26.4 Å². The van der Waals surface area contributed by atoms with E-state index >= 15 is 0 Å². The Hall–Kier alpha value is -3.27. The van der Waals surface area contributed by atoms with Crippen LogP contribution in [0.4, 0.5) is 10.3 Å². The summed E-state index contributed by atoms with van der Waals surface area (Å²) in [6.07, 6.45) is 2.58. The molecule has 11 heteroatoms. The molecule has 3 aromatic rings. The van der Waals surface area contributed by atoms with E-state index < -0.39 is 17.7 Å². The summed E-state index contributed by atoms with van der Waals surface area (Å²) in [4.78, 5) is 27.3. The van der Waals surface area contributed by atoms with E-state index in [0.717, 1.165) is 0 Å². The number of nitrogens with zero attached hydrogens (tertiary/aromatic N) is 5. The fraction of sp³-hybridized carbons (Fsp3) is 0.133. The maximum absolute atomic E-state index is 13.1. The Kier molecular flexibility index (Phi) is 4.67. The summed E-state index contributed by atoms with van der Waals surface area (Å²) < 4.78 is 15.7. The van der Waals surface area contributed by atoms with Crippen molar-refractivity contribution in [3.05, 3.63) is 58.4 Å². The van der Waals surface area contributed by atoms with Crippen LogP contribution in [0.3, 0.4) is 0 Å². The minimum Gasteiger partial charge on any atom is -0.478 e. The quantitative estimate of drug-likeness (QED) is 0.699. The highest BCUT2D eigenvalue weighted by atomic mass is 35.5. The Labute approximate surface area is 151 Å². The van der Waals surface area contributed by atoms with Crippen LogP contribution in [0, 0.1) is 5.82 Å². The highest BCUT2D eigenvalue weighted by Gasteiger charge is 2.22. The number of benzene rings is 1. The summed E-state index contributed by atoms with van der Waals surface area (Å²) in [6.45, 7) is 0.214. The normalized spacial score (nSPS) is 10.7. The summed E-state index contributed by atoms with van der Waals surface area (Å²) in [7, 11) is 1.50. The van der Waals surface area contributed by atoms with E-state index in [-0.39, 0.29) is 28.8 Å². The molecule has 0 spiro atoms. The molecule has 0 aliphatic carbocycles. The van der Waals surface area contributed by atoms with Crippen LogP contribution in [0.15, 0.2) is 30.7 Å². The van der Waals surface area contributed by atoms with Crippen molar-refractivity contribution in [1.82, 2.24) is 24.5 Å². The number of carboxylic acids is 1. The number of halogens is 2. The molecule has 0 atom stereocenters. The molecule has 3 rings (SSSR count). The van der Waals surface area contributed by atoms with Gasteiger partial charge >= 0.3 is 5.97 Å². The van der Waals surface area contributed by atoms with Crippen molar-refractivity contribution in [2.24, 2.45) is 7.05 Å². The number of aromatic carboxylic acids is 1. The van der Waals surface area contributed by atoms with Crippen molar-refractivity contribution in [2.45, 2.75) is 6.54 Å². The van der Waals surface area contributed by atoms with Crippen LogP contribution in [0.25, 0.3) is 0 Å². The first-order chi connectivity index (χ1) is 12.3. The topological polar surface area (TPSA) is 115 Å². The molecule has 0 fully saturated rings. The molecular formula is C15H12ClFN6O3. The van der Waals surface area contributed by atoms with E-state index in [1.54, 1.807) is 0 Å². The lowest BCUT2D eigenvalue weighted by molar-refractivity contribution is 0.0692. The molecule has 0 bridgehead atoms. The van der Waals surface area contributed by atoms with Gasteiger partial charge in [-0.3, -0.25) is 14.8 Å². The van der Waals surface area contributed by atoms with E-state index in [0.29, 0.717) is 5.56 Å². The van der Waals surface area contributed by atoms with Crippen LogP contribution >= 0.6 is 11.6 Å². The molecule has 0 radical (unpaired) electrons. The number of carbonyl (C=O) groups excluding carboxylic acids is 1. The number of aryl methyl sites for hydroxylation is 1. The minimum absolute atomic E-state index is 0.0322. The SMILES string of the molecule is Cn1cc(C(=O)O)c(C(=O)Nc2ncn(Cc3ccc(F)cc3Cl)n2)n1. The van der Waals surface area contributed by atoms with E-state index in [1.165, 1.54) is 47.1 Å². The zero-order valence-electron chi connectivity index (χ0n) is 13.3. The van der Waals surface area contributed by atoms with Crippen LogP contribution < -0.4 is 5.32 Å². The highest BCUT2D eigenvalue weighted by molar-refractivity contribution is 6.31. The van der Waals surface area contributed by atoms with Gasteiger partial charge in [0.2, 0.25) is 5.95 Å². The molecule has 0 unspecified atom stereocenters. The van der Waals surface area contributed by atoms with Crippen molar-refractivity contribution in [3.63, 3.8) is 0 Å². The lowest BCUT2D eigenvalue weighted by Crippen LogP contribution is -2.17. The average molecular weight is 379 g/mol. The van der Waals surface area contributed by atoms with Gasteiger partial charge in [0.05, 0.1) is 6.54 Å². The number of hydrogen-bond acceptors (Lipinski definition) is 5. The smallest absolute Gasteiger partial charge is 0.339 e. The monoisotopic (exact) mass is 378 g/mol. The van der Waals surface area contributed by atoms with E-state index in [9.17, 15) is 14.0 Å². The molecule has 2 heterocycles. The van der Waals surface area contributed by atoms with Gasteiger partial charge in [0.15, 0.2) is 5.69 Å². The number of amides is 1. The van der Waals surface area contributed by atoms with Crippen LogP contribution in [-0.4, -0.2) is 41.5 Å². The zero-order valence-corrected chi connectivity index (χ0v) is 14.1. The number of carboxylic acid groups (broad SMARTS) is 1. The molecule has 0 aliphatic rings. The Bertz CT molecular complexity index is 999. The van der Waals surface area contributed by atoms with Gasteiger partial charge in [0, 0.05) is 18.3 Å². The van der Waals surface area contributed by atoms with Crippen molar-refractivity contribution < 1.29 is 19.1 Å². The fourth-order valence-electron chi connectivity index (χ4n) is 2.23. The number of anilines is 1. The Balaban J connectivity index is 1.74. The van der Waals surface area contributed by atoms with E-state index in [1.807, 2.05) is 0 Å². The lowest BCUT2D eigenvalue weighted by Gasteiger charge is -2.04. The van der Waals surface area contributed by atoms with Gasteiger partial charge in [-0.05, 0) is 17.7 Å². The molecular weight excluding hydrogens is 367 g/mol. The fourth-order valence-corrected chi connectivity index (χ4v) is 2.45. The van der Waals surface area contributed by atoms with Gasteiger partial charge in [0.1, 0.15) is 17.7 Å². The lowest BCUT2D eigenvalue weighted by atomic mass is 10.2. The van der Waals surface area contributed by atoms with E-state index in [2.05, 4.69) is 20.5 Å². The van der Waals surface area contributed by atoms with Gasteiger partial charge in [-0.2, -0.15) is 5.10 Å². The van der Waals surface area contributed by atoms with Crippen molar-refractivity contribution in [3.8, 4) is 0 Å². The van der Waals surface area contributed by atoms with Crippen molar-refractivity contribution in [2.75, 3.05) is 5.32 Å². The summed E-state index contributed by atoms with van der Waals surface area (Å²) in [5, 5.41) is 19.6. The maximum atomic E-state index is 13.1. The Morgan fingerprint density at radius 3 is 2.81 bits per heavy atom. The van der Waals surface area contributed by atoms with Gasteiger partial charge in [-0.15, -0.1) is 5.10 Å². The molecule has 0 saturated carbocycles. The number of rotatable bonds is 5. The van der Waals surface area contributed by atoms with Gasteiger partial charge in [-0.25, -0.2) is 18.9 Å². The summed E-state index contributed by atoms with van der Waals surface area (Å²) in [6, 6.07) is 3.98. The molecule has 2 aromatic heterocycles. The molecule has 0 aliphatic heterocycles. The standard InChI is InChI=1S/C15H12ClFN6O3/c1-22-6-10(14(25)26)12(20-22)13(24)19-15-18-7-23(21-15)5-8-2-3-9(17)4-11(8)16/h2-4,6-7H,5H2,1H3,(H,25,26)(H,19,21,24). The highest BCUT2D eigenvalue weighted by Crippen LogP contribution is 2.18. The number of carbonyl (C=O) groups is 2. The van der Waals surface area contributed by atoms with Gasteiger partial charge in [-0.1, -0.05) is 17.7 Å². The van der Waals surface area contributed by atoms with Crippen molar-refractivity contribution in [1.29, 1.82) is 0 Å². The third-order valence-corrected chi connectivity index (χ3v) is 3.74. The second-order valence-corrected chi connectivity index (χ2v) is 5.73. The molecule has 134 valence electrons. The minimum atomic E-state index is -1.27. The number of hydrogen-bond donors (Lipinski definition) is 2. The Morgan fingerprint density at radius 2 is 2.12 bits per heavy atom. The van der Waals surface area contributed by atoms with Crippen LogP contribution in [0.2, 0.25) is 5.02 Å². The first-order valence-corrected chi connectivity index (χ1v) is 7.63. The van der Waals surface area contributed by atoms with E-state index in [4.69, 9.17) is 16.7 Å². The second-order valence-electron chi connectivity index (χ2n) is 5.33. The average Bonchev–Trinajstić information content (AvgIpc) is 3.16. The Morgan fingerprint density at radius 1 is 1.35 bits per heavy atom. The van der Waals surface area contributed by atoms with Crippen LogP contribution in [-0.2, 0) is 13.6 Å². The summed E-state index contributed by atoms with van der Waals surface area (Å²) in [5.41, 5.74) is 0.134. The third-order valence-electron chi connectivity index (χ3n) is 3.38. The first kappa shape index (κ1) is 17.5. The maximum Gasteiger partial charge on any atom is 0.339 e. The number of aromatic nitrogens is 5. The largest absolute Gasteiger partial charge is 0.478 e. The molecule has 1 amide bonds. The predicted molar refractivity (Wildman–Crippen MR) is 88.7 cm³/mol. The third kappa shape index (κ3) is 3.70. The summed E-state index contributed by atoms with van der Waals surface area (Å²) in [5.74, 6) is -2.50. The second kappa shape index (κ2) is 6.92. The molecule has 9 nitrogen and oxygen atoms in total. The molecule has 0 saturated heterocycles. The molecule has 1 aromatic carbocycles. The van der Waals surface area contributed by atoms with Crippen LogP contribution in [0.5, 0.6) is 0 Å². The molecule has 2 N–H and O–H groups in total. The van der Waals surface area contributed by atoms with Gasteiger partial charge in [0.25, 0.3) is 5.91 Å². The van der Waals surface area contributed by atoms with Gasteiger partial charge < -0.3 is 5.11 Å². The first-order valence-electron chi connectivity index (χ1n) is 7.25. The summed E-state index contributed by atoms with van der Waals surface area (Å²) >= 11 is 5.96. The zero-order chi connectivity index (χ0) is 18.8. The predicted octanol–water partition coefficient (Wildman–Crippen LogP) is 1.80. The van der Waals surface area contributed by atoms with Crippen molar-refractivity contribution >= 4 is 29.4 Å².